The molecule has 76 valence electrons. The summed E-state index contributed by atoms with van der Waals surface area (Å²) in [6, 6.07) is 9.04. The number of fused-ring (bicyclic) bond motifs is 1. The van der Waals surface area contributed by atoms with Gasteiger partial charge in [-0.05, 0) is 48.6 Å². The molecule has 0 atom stereocenters. The van der Waals surface area contributed by atoms with Crippen LogP contribution in [0.5, 0.6) is 0 Å². The lowest BCUT2D eigenvalue weighted by Gasteiger charge is -2.38. The highest BCUT2D eigenvalue weighted by atomic mass is 14.4. The van der Waals surface area contributed by atoms with E-state index in [9.17, 15) is 0 Å². The van der Waals surface area contributed by atoms with E-state index in [4.69, 9.17) is 0 Å². The van der Waals surface area contributed by atoms with Crippen LogP contribution in [0.3, 0.4) is 0 Å². The van der Waals surface area contributed by atoms with Crippen LogP contribution in [0.2, 0.25) is 0 Å². The number of rotatable bonds is 2. The molecule has 0 amide bonds. The van der Waals surface area contributed by atoms with Gasteiger partial charge in [0, 0.05) is 0 Å². The third kappa shape index (κ3) is 1.37. The van der Waals surface area contributed by atoms with Crippen LogP contribution in [-0.4, -0.2) is 0 Å². The van der Waals surface area contributed by atoms with Crippen LogP contribution in [0.25, 0.3) is 0 Å². The molecule has 0 N–H and O–H groups in total. The van der Waals surface area contributed by atoms with Gasteiger partial charge < -0.3 is 0 Å². The van der Waals surface area contributed by atoms with Crippen LogP contribution < -0.4 is 0 Å². The van der Waals surface area contributed by atoms with E-state index < -0.39 is 0 Å². The van der Waals surface area contributed by atoms with Crippen molar-refractivity contribution in [2.45, 2.75) is 51.4 Å². The van der Waals surface area contributed by atoms with E-state index in [1.807, 2.05) is 0 Å². The molecule has 0 spiro atoms. The third-order valence-corrected chi connectivity index (χ3v) is 4.04. The molecule has 0 aliphatic heterocycles. The monoisotopic (exact) mass is 188 g/mol. The standard InChI is InChI=1S/C14H20/c1-3-14(4-2)11-7-9-12-8-5-6-10-13(12)14/h5-6,8,10H,3-4,7,9,11H2,1-2H3. The van der Waals surface area contributed by atoms with Crippen LogP contribution >= 0.6 is 0 Å². The maximum absolute atomic E-state index is 2.35. The van der Waals surface area contributed by atoms with Crippen molar-refractivity contribution in [3.63, 3.8) is 0 Å². The zero-order valence-corrected chi connectivity index (χ0v) is 9.34. The van der Waals surface area contributed by atoms with Crippen molar-refractivity contribution in [3.05, 3.63) is 35.4 Å². The Labute approximate surface area is 87.3 Å². The maximum Gasteiger partial charge on any atom is -0.00494 e. The van der Waals surface area contributed by atoms with E-state index in [2.05, 4.69) is 38.1 Å². The second-order valence-corrected chi connectivity index (χ2v) is 4.50. The lowest BCUT2D eigenvalue weighted by molar-refractivity contribution is 0.335. The van der Waals surface area contributed by atoms with E-state index >= 15 is 0 Å². The normalized spacial score (nSPS) is 19.0. The Morgan fingerprint density at radius 3 is 2.57 bits per heavy atom. The second-order valence-electron chi connectivity index (χ2n) is 4.50. The first-order chi connectivity index (χ1) is 6.82. The molecule has 14 heavy (non-hydrogen) atoms. The number of hydrogen-bond acceptors (Lipinski definition) is 0. The number of benzene rings is 1. The van der Waals surface area contributed by atoms with Gasteiger partial charge in [-0.1, -0.05) is 38.1 Å². The minimum Gasteiger partial charge on any atom is -0.0645 e. The van der Waals surface area contributed by atoms with Crippen LogP contribution in [-0.2, 0) is 11.8 Å². The smallest absolute Gasteiger partial charge is 0.00494 e. The minimum atomic E-state index is 0.495. The molecule has 0 heterocycles. The van der Waals surface area contributed by atoms with Crippen molar-refractivity contribution in [2.75, 3.05) is 0 Å². The Kier molecular flexibility index (Phi) is 2.62. The highest BCUT2D eigenvalue weighted by molar-refractivity contribution is 5.36. The fourth-order valence-electron chi connectivity index (χ4n) is 2.99. The van der Waals surface area contributed by atoms with Crippen molar-refractivity contribution in [1.29, 1.82) is 0 Å². The van der Waals surface area contributed by atoms with E-state index in [0.717, 1.165) is 0 Å². The van der Waals surface area contributed by atoms with Crippen molar-refractivity contribution in [1.82, 2.24) is 0 Å². The topological polar surface area (TPSA) is 0 Å². The molecule has 0 heteroatoms. The first kappa shape index (κ1) is 9.76. The summed E-state index contributed by atoms with van der Waals surface area (Å²) in [5, 5.41) is 0. The first-order valence-electron chi connectivity index (χ1n) is 5.91. The molecule has 0 nitrogen and oxygen atoms in total. The lowest BCUT2D eigenvalue weighted by Crippen LogP contribution is -2.29. The minimum absolute atomic E-state index is 0.495. The molecule has 0 fully saturated rings. The average Bonchev–Trinajstić information content (AvgIpc) is 2.28. The molecule has 0 saturated carbocycles. The third-order valence-electron chi connectivity index (χ3n) is 4.04. The first-order valence-corrected chi connectivity index (χ1v) is 5.91. The molecule has 1 aliphatic rings. The summed E-state index contributed by atoms with van der Waals surface area (Å²) in [5.74, 6) is 0. The van der Waals surface area contributed by atoms with Gasteiger partial charge in [-0.2, -0.15) is 0 Å². The van der Waals surface area contributed by atoms with Crippen LogP contribution in [0.1, 0.15) is 50.7 Å². The van der Waals surface area contributed by atoms with E-state index in [1.54, 1.807) is 11.1 Å². The largest absolute Gasteiger partial charge is 0.0645 e. The Balaban J connectivity index is 2.48. The predicted octanol–water partition coefficient (Wildman–Crippen LogP) is 4.08. The molecular weight excluding hydrogens is 168 g/mol. The van der Waals surface area contributed by atoms with Crippen molar-refractivity contribution in [3.8, 4) is 0 Å². The van der Waals surface area contributed by atoms with E-state index in [0.29, 0.717) is 5.41 Å². The molecule has 2 rings (SSSR count). The summed E-state index contributed by atoms with van der Waals surface area (Å²) < 4.78 is 0. The molecular formula is C14H20. The van der Waals surface area contributed by atoms with E-state index in [1.165, 1.54) is 32.1 Å². The molecule has 0 unspecified atom stereocenters. The van der Waals surface area contributed by atoms with Gasteiger partial charge in [0.15, 0.2) is 0 Å². The zero-order valence-electron chi connectivity index (χ0n) is 9.34. The zero-order chi connectivity index (χ0) is 10.0. The van der Waals surface area contributed by atoms with Crippen LogP contribution in [0.15, 0.2) is 24.3 Å². The van der Waals surface area contributed by atoms with Gasteiger partial charge in [0.2, 0.25) is 0 Å². The van der Waals surface area contributed by atoms with Crippen LogP contribution in [0, 0.1) is 0 Å². The molecule has 1 aliphatic carbocycles. The highest BCUT2D eigenvalue weighted by Gasteiger charge is 2.32. The van der Waals surface area contributed by atoms with Gasteiger partial charge in [0.05, 0.1) is 0 Å². The molecule has 0 saturated heterocycles. The van der Waals surface area contributed by atoms with Crippen molar-refractivity contribution < 1.29 is 0 Å². The Morgan fingerprint density at radius 2 is 1.86 bits per heavy atom. The summed E-state index contributed by atoms with van der Waals surface area (Å²) in [7, 11) is 0. The predicted molar refractivity (Wildman–Crippen MR) is 61.6 cm³/mol. The Bertz CT molecular complexity index is 308. The van der Waals surface area contributed by atoms with Gasteiger partial charge in [-0.3, -0.25) is 0 Å². The van der Waals surface area contributed by atoms with E-state index in [-0.39, 0.29) is 0 Å². The van der Waals surface area contributed by atoms with Gasteiger partial charge in [0.25, 0.3) is 0 Å². The van der Waals surface area contributed by atoms with Crippen molar-refractivity contribution in [2.24, 2.45) is 0 Å². The second kappa shape index (κ2) is 3.76. The number of aryl methyl sites for hydroxylation is 1. The molecule has 0 bridgehead atoms. The summed E-state index contributed by atoms with van der Waals surface area (Å²) >= 11 is 0. The quantitative estimate of drug-likeness (QED) is 0.656. The Hall–Kier alpha value is -0.780. The summed E-state index contributed by atoms with van der Waals surface area (Å²) in [6.07, 6.45) is 6.63. The van der Waals surface area contributed by atoms with Gasteiger partial charge in [-0.15, -0.1) is 0 Å². The molecule has 1 aromatic carbocycles. The molecule has 1 aromatic rings. The maximum atomic E-state index is 2.35. The van der Waals surface area contributed by atoms with Crippen LogP contribution in [0.4, 0.5) is 0 Å². The lowest BCUT2D eigenvalue weighted by atomic mass is 9.67. The highest BCUT2D eigenvalue weighted by Crippen LogP contribution is 2.42. The number of hydrogen-bond donors (Lipinski definition) is 0. The van der Waals surface area contributed by atoms with Gasteiger partial charge >= 0.3 is 0 Å². The summed E-state index contributed by atoms with van der Waals surface area (Å²) in [5.41, 5.74) is 3.73. The van der Waals surface area contributed by atoms with Gasteiger partial charge in [0.1, 0.15) is 0 Å². The molecule has 0 aromatic heterocycles. The molecule has 0 radical (unpaired) electrons. The van der Waals surface area contributed by atoms with Crippen molar-refractivity contribution >= 4 is 0 Å². The fourth-order valence-corrected chi connectivity index (χ4v) is 2.99. The average molecular weight is 188 g/mol. The van der Waals surface area contributed by atoms with Gasteiger partial charge in [-0.25, -0.2) is 0 Å². The fraction of sp³-hybridized carbons (Fsp3) is 0.571. The summed E-state index contributed by atoms with van der Waals surface area (Å²) in [4.78, 5) is 0. The Morgan fingerprint density at radius 1 is 1.14 bits per heavy atom. The summed E-state index contributed by atoms with van der Waals surface area (Å²) in [6.45, 7) is 4.68. The SMILES string of the molecule is CCC1(CC)CCCc2ccccc21.